The van der Waals surface area contributed by atoms with Crippen LogP contribution in [0.15, 0.2) is 0 Å². The Hall–Kier alpha value is -0.720. The van der Waals surface area contributed by atoms with E-state index in [0.29, 0.717) is 12.8 Å². The van der Waals surface area contributed by atoms with Crippen molar-refractivity contribution in [3.8, 4) is 12.3 Å². The number of carbonyl (C=O) groups excluding carboxylic acids is 1. The minimum absolute atomic E-state index is 0. The average molecular weight is 178 g/mol. The molecule has 64 valence electrons. The second-order valence-corrected chi connectivity index (χ2v) is 1.87. The normalized spacial score (nSPS) is 10.6. The van der Waals surface area contributed by atoms with Crippen LogP contribution in [0.4, 0.5) is 0 Å². The Morgan fingerprint density at radius 1 is 1.82 bits per heavy atom. The number of methoxy groups -OCH3 is 1. The fourth-order valence-corrected chi connectivity index (χ4v) is 0.508. The first-order chi connectivity index (χ1) is 4.72. The third-order valence-corrected chi connectivity index (χ3v) is 1.10. The Balaban J connectivity index is 0. The number of ether oxygens (including phenoxy) is 1. The zero-order valence-electron chi connectivity index (χ0n) is 6.37. The van der Waals surface area contributed by atoms with E-state index in [1.807, 2.05) is 0 Å². The van der Waals surface area contributed by atoms with Gasteiger partial charge in [0.2, 0.25) is 0 Å². The van der Waals surface area contributed by atoms with E-state index in [-0.39, 0.29) is 12.4 Å². The summed E-state index contributed by atoms with van der Waals surface area (Å²) in [5.41, 5.74) is 5.34. The lowest BCUT2D eigenvalue weighted by Crippen LogP contribution is -2.31. The lowest BCUT2D eigenvalue weighted by Gasteiger charge is -2.05. The maximum atomic E-state index is 10.6. The van der Waals surface area contributed by atoms with Gasteiger partial charge in [-0.1, -0.05) is 0 Å². The highest BCUT2D eigenvalue weighted by atomic mass is 35.5. The van der Waals surface area contributed by atoms with Crippen LogP contribution in [-0.2, 0) is 9.53 Å². The van der Waals surface area contributed by atoms with Crippen molar-refractivity contribution in [3.05, 3.63) is 0 Å². The van der Waals surface area contributed by atoms with Crippen LogP contribution in [0.2, 0.25) is 0 Å². The van der Waals surface area contributed by atoms with E-state index in [2.05, 4.69) is 10.7 Å². The van der Waals surface area contributed by atoms with Crippen molar-refractivity contribution in [2.75, 3.05) is 7.11 Å². The molecule has 0 radical (unpaired) electrons. The van der Waals surface area contributed by atoms with Gasteiger partial charge in [0.15, 0.2) is 0 Å². The third kappa shape index (κ3) is 5.71. The van der Waals surface area contributed by atoms with Crippen LogP contribution in [0.25, 0.3) is 0 Å². The van der Waals surface area contributed by atoms with E-state index in [0.717, 1.165) is 0 Å². The maximum Gasteiger partial charge on any atom is 0.322 e. The van der Waals surface area contributed by atoms with Crippen LogP contribution in [0.3, 0.4) is 0 Å². The monoisotopic (exact) mass is 177 g/mol. The van der Waals surface area contributed by atoms with Crippen LogP contribution in [0.5, 0.6) is 0 Å². The van der Waals surface area contributed by atoms with Crippen LogP contribution < -0.4 is 5.73 Å². The third-order valence-electron chi connectivity index (χ3n) is 1.10. The number of nitrogens with two attached hydrogens (primary N) is 1. The standard InChI is InChI=1S/C7H11NO2.ClH/c1-3-4-5-6(8)7(9)10-2;/h1,6H,4-5,8H2,2H3;1H. The molecule has 0 amide bonds. The molecule has 0 saturated carbocycles. The lowest BCUT2D eigenvalue weighted by atomic mass is 10.2. The molecule has 0 heterocycles. The van der Waals surface area contributed by atoms with E-state index in [1.165, 1.54) is 7.11 Å². The predicted molar refractivity (Wildman–Crippen MR) is 45.3 cm³/mol. The van der Waals surface area contributed by atoms with Crippen molar-refractivity contribution >= 4 is 18.4 Å². The van der Waals surface area contributed by atoms with Crippen LogP contribution in [0.1, 0.15) is 12.8 Å². The largest absolute Gasteiger partial charge is 0.468 e. The molecule has 0 fully saturated rings. The molecular weight excluding hydrogens is 166 g/mol. The van der Waals surface area contributed by atoms with Crippen molar-refractivity contribution in [2.45, 2.75) is 18.9 Å². The van der Waals surface area contributed by atoms with Gasteiger partial charge in [-0.2, -0.15) is 0 Å². The Bertz CT molecular complexity index is 153. The van der Waals surface area contributed by atoms with Crippen LogP contribution in [0, 0.1) is 12.3 Å². The first-order valence-corrected chi connectivity index (χ1v) is 2.99. The molecule has 0 aliphatic carbocycles. The van der Waals surface area contributed by atoms with Crippen molar-refractivity contribution in [3.63, 3.8) is 0 Å². The van der Waals surface area contributed by atoms with Crippen LogP contribution >= 0.6 is 12.4 Å². The Kier molecular flexibility index (Phi) is 8.67. The molecule has 0 rings (SSSR count). The maximum absolute atomic E-state index is 10.6. The smallest absolute Gasteiger partial charge is 0.322 e. The van der Waals surface area contributed by atoms with E-state index in [4.69, 9.17) is 12.2 Å². The number of esters is 1. The minimum atomic E-state index is -0.568. The zero-order valence-corrected chi connectivity index (χ0v) is 7.19. The highest BCUT2D eigenvalue weighted by molar-refractivity contribution is 5.85. The summed E-state index contributed by atoms with van der Waals surface area (Å²) in [5, 5.41) is 0. The van der Waals surface area contributed by atoms with E-state index in [1.54, 1.807) is 0 Å². The SMILES string of the molecule is C#CCCC(N)C(=O)OC.Cl. The molecule has 1 unspecified atom stereocenters. The van der Waals surface area contributed by atoms with E-state index in [9.17, 15) is 4.79 Å². The predicted octanol–water partition coefficient (Wildman–Crippen LogP) is 0.322. The molecule has 1 atom stereocenters. The van der Waals surface area contributed by atoms with Gasteiger partial charge >= 0.3 is 5.97 Å². The lowest BCUT2D eigenvalue weighted by molar-refractivity contribution is -0.142. The second-order valence-electron chi connectivity index (χ2n) is 1.87. The van der Waals surface area contributed by atoms with Gasteiger partial charge in [0, 0.05) is 6.42 Å². The molecule has 3 nitrogen and oxygen atoms in total. The Morgan fingerprint density at radius 3 is 2.73 bits per heavy atom. The van der Waals surface area contributed by atoms with Crippen molar-refractivity contribution in [2.24, 2.45) is 5.73 Å². The van der Waals surface area contributed by atoms with Gasteiger partial charge in [-0.25, -0.2) is 0 Å². The number of halogens is 1. The van der Waals surface area contributed by atoms with Crippen LogP contribution in [-0.4, -0.2) is 19.1 Å². The highest BCUT2D eigenvalue weighted by Crippen LogP contribution is 1.94. The molecule has 0 bridgehead atoms. The van der Waals surface area contributed by atoms with Gasteiger partial charge in [-0.3, -0.25) is 4.79 Å². The average Bonchev–Trinajstić information content (AvgIpc) is 1.98. The van der Waals surface area contributed by atoms with Gasteiger partial charge in [0.1, 0.15) is 6.04 Å². The van der Waals surface area contributed by atoms with Gasteiger partial charge in [-0.15, -0.1) is 24.8 Å². The number of hydrogen-bond acceptors (Lipinski definition) is 3. The molecular formula is C7H12ClNO2. The van der Waals surface area contributed by atoms with Gasteiger partial charge in [0.25, 0.3) is 0 Å². The van der Waals surface area contributed by atoms with Gasteiger partial charge < -0.3 is 10.5 Å². The Labute approximate surface area is 72.7 Å². The van der Waals surface area contributed by atoms with Crippen molar-refractivity contribution in [1.29, 1.82) is 0 Å². The number of rotatable bonds is 3. The first kappa shape index (κ1) is 12.9. The molecule has 2 N–H and O–H groups in total. The highest BCUT2D eigenvalue weighted by Gasteiger charge is 2.11. The first-order valence-electron chi connectivity index (χ1n) is 2.99. The second kappa shape index (κ2) is 7.39. The molecule has 0 aromatic rings. The zero-order chi connectivity index (χ0) is 7.98. The molecule has 0 aliphatic heterocycles. The van der Waals surface area contributed by atoms with Crippen molar-refractivity contribution < 1.29 is 9.53 Å². The summed E-state index contributed by atoms with van der Waals surface area (Å²) in [6, 6.07) is -0.568. The van der Waals surface area contributed by atoms with Crippen molar-refractivity contribution in [1.82, 2.24) is 0 Å². The number of terminal acetylenes is 1. The number of carbonyl (C=O) groups is 1. The summed E-state index contributed by atoms with van der Waals surface area (Å²) < 4.78 is 4.38. The van der Waals surface area contributed by atoms with E-state index >= 15 is 0 Å². The quantitative estimate of drug-likeness (QED) is 0.499. The minimum Gasteiger partial charge on any atom is -0.468 e. The summed E-state index contributed by atoms with van der Waals surface area (Å²) in [4.78, 5) is 10.6. The molecule has 0 aromatic heterocycles. The summed E-state index contributed by atoms with van der Waals surface area (Å²) in [6.07, 6.45) is 5.96. The topological polar surface area (TPSA) is 52.3 Å². The molecule has 0 saturated heterocycles. The molecule has 0 spiro atoms. The summed E-state index contributed by atoms with van der Waals surface area (Å²) in [7, 11) is 1.30. The number of hydrogen-bond donors (Lipinski definition) is 1. The van der Waals surface area contributed by atoms with Gasteiger partial charge in [0.05, 0.1) is 7.11 Å². The summed E-state index contributed by atoms with van der Waals surface area (Å²) in [6.45, 7) is 0. The van der Waals surface area contributed by atoms with Gasteiger partial charge in [-0.05, 0) is 6.42 Å². The molecule has 4 heteroatoms. The summed E-state index contributed by atoms with van der Waals surface area (Å²) >= 11 is 0. The molecule has 11 heavy (non-hydrogen) atoms. The molecule has 0 aromatic carbocycles. The summed E-state index contributed by atoms with van der Waals surface area (Å²) in [5.74, 6) is 1.98. The molecule has 0 aliphatic rings. The fraction of sp³-hybridized carbons (Fsp3) is 0.571. The van der Waals surface area contributed by atoms with E-state index < -0.39 is 12.0 Å². The Morgan fingerprint density at radius 2 is 2.36 bits per heavy atom. The fourth-order valence-electron chi connectivity index (χ4n) is 0.508.